The molecule has 3 aromatic rings. The van der Waals surface area contributed by atoms with Crippen LogP contribution in [-0.2, 0) is 16.6 Å². The van der Waals surface area contributed by atoms with Gasteiger partial charge in [-0.1, -0.05) is 17.7 Å². The van der Waals surface area contributed by atoms with Crippen LogP contribution >= 0.6 is 0 Å². The number of carbonyl (C=O) groups is 1. The molecule has 0 saturated heterocycles. The van der Waals surface area contributed by atoms with E-state index in [1.807, 2.05) is 25.1 Å². The van der Waals surface area contributed by atoms with E-state index in [-0.39, 0.29) is 11.3 Å². The van der Waals surface area contributed by atoms with Crippen LogP contribution in [0.2, 0.25) is 0 Å². The predicted octanol–water partition coefficient (Wildman–Crippen LogP) is 3.47. The maximum atomic E-state index is 12.6. The Labute approximate surface area is 175 Å². The molecular weight excluding hydrogens is 402 g/mol. The third kappa shape index (κ3) is 5.04. The van der Waals surface area contributed by atoms with Crippen molar-refractivity contribution >= 4 is 27.4 Å². The van der Waals surface area contributed by atoms with Crippen molar-refractivity contribution in [3.63, 3.8) is 0 Å². The Bertz CT molecular complexity index is 1190. The second-order valence-corrected chi connectivity index (χ2v) is 8.43. The highest BCUT2D eigenvalue weighted by Gasteiger charge is 2.16. The van der Waals surface area contributed by atoms with Crippen LogP contribution in [-0.4, -0.2) is 24.1 Å². The number of aromatic nitrogens is 2. The molecule has 0 fully saturated rings. The van der Waals surface area contributed by atoms with Gasteiger partial charge in [0.2, 0.25) is 0 Å². The predicted molar refractivity (Wildman–Crippen MR) is 114 cm³/mol. The van der Waals surface area contributed by atoms with Crippen LogP contribution < -0.4 is 10.0 Å². The summed E-state index contributed by atoms with van der Waals surface area (Å²) >= 11 is 0. The smallest absolute Gasteiger partial charge is 0.261 e. The quantitative estimate of drug-likeness (QED) is 0.603. The molecule has 2 aromatic carbocycles. The number of aryl methyl sites for hydroxylation is 3. The third-order valence-electron chi connectivity index (χ3n) is 4.31. The zero-order valence-corrected chi connectivity index (χ0v) is 17.4. The van der Waals surface area contributed by atoms with Gasteiger partial charge in [0, 0.05) is 17.3 Å². The summed E-state index contributed by atoms with van der Waals surface area (Å²) < 4.78 is 29.2. The van der Waals surface area contributed by atoms with Gasteiger partial charge in [-0.2, -0.15) is 10.4 Å². The van der Waals surface area contributed by atoms with Crippen LogP contribution in [0.5, 0.6) is 0 Å². The molecule has 0 bridgehead atoms. The summed E-state index contributed by atoms with van der Waals surface area (Å²) in [4.78, 5) is 12.6. The van der Waals surface area contributed by atoms with Gasteiger partial charge in [-0.3, -0.25) is 9.52 Å². The Morgan fingerprint density at radius 2 is 1.77 bits per heavy atom. The maximum absolute atomic E-state index is 12.6. The fourth-order valence-electron chi connectivity index (χ4n) is 2.78. The van der Waals surface area contributed by atoms with Crippen LogP contribution in [0.3, 0.4) is 0 Å². The summed E-state index contributed by atoms with van der Waals surface area (Å²) in [5.41, 5.74) is 2.50. The van der Waals surface area contributed by atoms with E-state index in [9.17, 15) is 13.2 Å². The van der Waals surface area contributed by atoms with Gasteiger partial charge in [0.15, 0.2) is 0 Å². The molecule has 0 spiro atoms. The first kappa shape index (κ1) is 21.1. The molecule has 0 aliphatic rings. The normalized spacial score (nSPS) is 11.0. The zero-order chi connectivity index (χ0) is 21.7. The average molecular weight is 423 g/mol. The van der Waals surface area contributed by atoms with E-state index in [1.54, 1.807) is 29.8 Å². The molecule has 1 aromatic heterocycles. The molecule has 0 aliphatic heterocycles. The second kappa shape index (κ2) is 8.80. The molecule has 0 unspecified atom stereocenters. The number of amides is 1. The number of hydrogen-bond donors (Lipinski definition) is 2. The van der Waals surface area contributed by atoms with Crippen LogP contribution in [0.1, 0.15) is 28.0 Å². The van der Waals surface area contributed by atoms with Gasteiger partial charge >= 0.3 is 0 Å². The standard InChI is InChI=1S/C21H21N5O3S/c1-15-4-8-18(9-5-15)25-30(28,29)19-10-6-17(7-11-19)21(27)23-20-14-16(2)24-26(20)13-3-12-22/h4-11,14,25H,3,13H2,1-2H3,(H,23,27). The average Bonchev–Trinajstić information content (AvgIpc) is 3.07. The fourth-order valence-corrected chi connectivity index (χ4v) is 3.84. The van der Waals surface area contributed by atoms with Gasteiger partial charge in [-0.25, -0.2) is 13.1 Å². The zero-order valence-electron chi connectivity index (χ0n) is 16.6. The lowest BCUT2D eigenvalue weighted by atomic mass is 10.2. The van der Waals surface area contributed by atoms with E-state index in [1.165, 1.54) is 24.3 Å². The summed E-state index contributed by atoms with van der Waals surface area (Å²) in [6.07, 6.45) is 0.268. The van der Waals surface area contributed by atoms with Crippen molar-refractivity contribution in [2.75, 3.05) is 10.0 Å². The number of benzene rings is 2. The summed E-state index contributed by atoms with van der Waals surface area (Å²) in [6, 6.07) is 16.4. The number of rotatable bonds is 7. The fraction of sp³-hybridized carbons (Fsp3) is 0.190. The van der Waals surface area contributed by atoms with Crippen LogP contribution in [0.25, 0.3) is 0 Å². The lowest BCUT2D eigenvalue weighted by molar-refractivity contribution is 0.102. The molecule has 8 nitrogen and oxygen atoms in total. The van der Waals surface area contributed by atoms with E-state index in [2.05, 4.69) is 15.1 Å². The van der Waals surface area contributed by atoms with E-state index >= 15 is 0 Å². The summed E-state index contributed by atoms with van der Waals surface area (Å²) in [5.74, 6) is 0.0778. The maximum Gasteiger partial charge on any atom is 0.261 e. The molecule has 0 radical (unpaired) electrons. The summed E-state index contributed by atoms with van der Waals surface area (Å²) in [7, 11) is -3.77. The van der Waals surface area contributed by atoms with Crippen LogP contribution in [0, 0.1) is 25.2 Å². The topological polar surface area (TPSA) is 117 Å². The Morgan fingerprint density at radius 1 is 1.10 bits per heavy atom. The number of carbonyl (C=O) groups excluding carboxylic acids is 1. The minimum Gasteiger partial charge on any atom is -0.307 e. The Kier molecular flexibility index (Phi) is 6.18. The van der Waals surface area contributed by atoms with Gasteiger partial charge in [0.25, 0.3) is 15.9 Å². The number of sulfonamides is 1. The third-order valence-corrected chi connectivity index (χ3v) is 5.71. The Hall–Kier alpha value is -3.64. The van der Waals surface area contributed by atoms with Crippen molar-refractivity contribution < 1.29 is 13.2 Å². The van der Waals surface area contributed by atoms with Crippen molar-refractivity contribution in [2.45, 2.75) is 31.7 Å². The van der Waals surface area contributed by atoms with Gasteiger partial charge in [0.05, 0.1) is 29.6 Å². The lowest BCUT2D eigenvalue weighted by Gasteiger charge is -2.10. The Morgan fingerprint density at radius 3 is 2.40 bits per heavy atom. The molecule has 0 aliphatic carbocycles. The molecule has 2 N–H and O–H groups in total. The molecule has 0 atom stereocenters. The first-order valence-corrected chi connectivity index (χ1v) is 10.7. The minimum absolute atomic E-state index is 0.0505. The number of nitriles is 1. The van der Waals surface area contributed by atoms with E-state index in [0.29, 0.717) is 29.3 Å². The highest BCUT2D eigenvalue weighted by Crippen LogP contribution is 2.18. The monoisotopic (exact) mass is 423 g/mol. The molecule has 9 heteroatoms. The van der Waals surface area contributed by atoms with Gasteiger partial charge in [0.1, 0.15) is 5.82 Å². The summed E-state index contributed by atoms with van der Waals surface area (Å²) in [6.45, 7) is 4.07. The second-order valence-electron chi connectivity index (χ2n) is 6.75. The van der Waals surface area contributed by atoms with Crippen LogP contribution in [0.15, 0.2) is 59.5 Å². The molecule has 30 heavy (non-hydrogen) atoms. The largest absolute Gasteiger partial charge is 0.307 e. The molecule has 1 amide bonds. The van der Waals surface area contributed by atoms with Crippen molar-refractivity contribution in [2.24, 2.45) is 0 Å². The molecule has 1 heterocycles. The lowest BCUT2D eigenvalue weighted by Crippen LogP contribution is -2.17. The SMILES string of the molecule is Cc1ccc(NS(=O)(=O)c2ccc(C(=O)Nc3cc(C)nn3CCC#N)cc2)cc1. The molecule has 154 valence electrons. The number of nitrogens with zero attached hydrogens (tertiary/aromatic N) is 3. The van der Waals surface area contributed by atoms with Crippen molar-refractivity contribution in [1.29, 1.82) is 5.26 Å². The van der Waals surface area contributed by atoms with E-state index in [0.717, 1.165) is 5.56 Å². The molecular formula is C21H21N5O3S. The number of anilines is 2. The van der Waals surface area contributed by atoms with E-state index in [4.69, 9.17) is 5.26 Å². The van der Waals surface area contributed by atoms with Crippen molar-refractivity contribution in [3.05, 3.63) is 71.4 Å². The first-order chi connectivity index (χ1) is 14.3. The van der Waals surface area contributed by atoms with Crippen molar-refractivity contribution in [1.82, 2.24) is 9.78 Å². The number of nitrogens with one attached hydrogen (secondary N) is 2. The van der Waals surface area contributed by atoms with Crippen LogP contribution in [0.4, 0.5) is 11.5 Å². The first-order valence-electron chi connectivity index (χ1n) is 9.21. The van der Waals surface area contributed by atoms with Crippen molar-refractivity contribution in [3.8, 4) is 6.07 Å². The van der Waals surface area contributed by atoms with Gasteiger partial charge < -0.3 is 5.32 Å². The van der Waals surface area contributed by atoms with Gasteiger partial charge in [-0.15, -0.1) is 0 Å². The molecule has 3 rings (SSSR count). The number of hydrogen-bond acceptors (Lipinski definition) is 5. The van der Waals surface area contributed by atoms with Gasteiger partial charge in [-0.05, 0) is 50.2 Å². The molecule has 0 saturated carbocycles. The van der Waals surface area contributed by atoms with E-state index < -0.39 is 15.9 Å². The summed E-state index contributed by atoms with van der Waals surface area (Å²) in [5, 5.41) is 15.7. The Balaban J connectivity index is 1.73. The highest BCUT2D eigenvalue weighted by molar-refractivity contribution is 7.92. The highest BCUT2D eigenvalue weighted by atomic mass is 32.2. The minimum atomic E-state index is -3.77.